The van der Waals surface area contributed by atoms with Crippen molar-refractivity contribution in [1.29, 1.82) is 0 Å². The zero-order valence-electron chi connectivity index (χ0n) is 16.4. The van der Waals surface area contributed by atoms with Crippen LogP contribution < -0.4 is 10.1 Å². The average Bonchev–Trinajstić information content (AvgIpc) is 3.01. The van der Waals surface area contributed by atoms with E-state index in [2.05, 4.69) is 5.32 Å². The van der Waals surface area contributed by atoms with Crippen LogP contribution in [0.25, 0.3) is 6.08 Å². The van der Waals surface area contributed by atoms with E-state index in [0.29, 0.717) is 12.2 Å². The molecule has 0 aliphatic carbocycles. The van der Waals surface area contributed by atoms with E-state index in [1.807, 2.05) is 30.3 Å². The zero-order chi connectivity index (χ0) is 21.5. The highest BCUT2D eigenvalue weighted by atomic mass is 32.2. The molecule has 0 spiro atoms. The van der Waals surface area contributed by atoms with Crippen molar-refractivity contribution in [3.8, 4) is 5.75 Å². The van der Waals surface area contributed by atoms with E-state index in [0.717, 1.165) is 27.8 Å². The lowest BCUT2D eigenvalue weighted by atomic mass is 10.1. The number of aliphatic hydroxyl groups excluding tert-OH is 1. The molecule has 8 heteroatoms. The molecule has 0 aromatic heterocycles. The van der Waals surface area contributed by atoms with Gasteiger partial charge in [-0.2, -0.15) is 0 Å². The minimum atomic E-state index is -0.514. The van der Waals surface area contributed by atoms with Crippen molar-refractivity contribution in [2.24, 2.45) is 0 Å². The highest BCUT2D eigenvalue weighted by Gasteiger charge is 2.36. The fourth-order valence-corrected chi connectivity index (χ4v) is 3.80. The van der Waals surface area contributed by atoms with Gasteiger partial charge >= 0.3 is 0 Å². The van der Waals surface area contributed by atoms with Gasteiger partial charge in [0.25, 0.3) is 11.1 Å². The predicted octanol–water partition coefficient (Wildman–Crippen LogP) is 2.45. The topological polar surface area (TPSA) is 95.9 Å². The van der Waals surface area contributed by atoms with Gasteiger partial charge in [0, 0.05) is 0 Å². The molecule has 1 heterocycles. The first-order valence-electron chi connectivity index (χ1n) is 9.33. The van der Waals surface area contributed by atoms with E-state index < -0.39 is 29.6 Å². The van der Waals surface area contributed by atoms with Crippen LogP contribution in [0.2, 0.25) is 0 Å². The first kappa shape index (κ1) is 21.6. The Kier molecular flexibility index (Phi) is 7.26. The normalized spacial score (nSPS) is 16.1. The first-order chi connectivity index (χ1) is 14.5. The number of carbonyl (C=O) groups excluding carboxylic acids is 3. The molecule has 7 nitrogen and oxygen atoms in total. The number of imide groups is 1. The van der Waals surface area contributed by atoms with Crippen LogP contribution in [0.15, 0.2) is 59.5 Å². The second-order valence-electron chi connectivity index (χ2n) is 6.68. The van der Waals surface area contributed by atoms with E-state index in [1.54, 1.807) is 37.5 Å². The van der Waals surface area contributed by atoms with Gasteiger partial charge in [-0.15, -0.1) is 0 Å². The molecule has 1 saturated heterocycles. The average molecular weight is 426 g/mol. The summed E-state index contributed by atoms with van der Waals surface area (Å²) in [5.41, 5.74) is 1.71. The lowest BCUT2D eigenvalue weighted by molar-refractivity contribution is -0.129. The maximum absolute atomic E-state index is 12.6. The Hall–Kier alpha value is -3.10. The van der Waals surface area contributed by atoms with E-state index in [4.69, 9.17) is 4.74 Å². The van der Waals surface area contributed by atoms with Crippen LogP contribution in [0.1, 0.15) is 11.1 Å². The number of methoxy groups -OCH3 is 1. The molecular formula is C22H22N2O5S. The predicted molar refractivity (Wildman–Crippen MR) is 115 cm³/mol. The molecule has 2 N–H and O–H groups in total. The van der Waals surface area contributed by atoms with Gasteiger partial charge in [-0.05, 0) is 47.5 Å². The van der Waals surface area contributed by atoms with Crippen LogP contribution in [0, 0.1) is 0 Å². The third-order valence-corrected chi connectivity index (χ3v) is 5.41. The van der Waals surface area contributed by atoms with E-state index in [-0.39, 0.29) is 11.5 Å². The number of aliphatic hydroxyl groups is 1. The standard InChI is InChI=1S/C22H22N2O5S/c1-29-18-9-7-16(8-10-18)12-19-21(27)24(22(28)30-19)13-20(26)23-17(14-25)11-15-5-3-2-4-6-15/h2-10,12,17,25H,11,13-14H2,1H3,(H,23,26). The first-order valence-corrected chi connectivity index (χ1v) is 10.2. The maximum Gasteiger partial charge on any atom is 0.294 e. The molecule has 1 unspecified atom stereocenters. The van der Waals surface area contributed by atoms with E-state index in [1.165, 1.54) is 0 Å². The van der Waals surface area contributed by atoms with Crippen LogP contribution in [0.5, 0.6) is 5.75 Å². The highest BCUT2D eigenvalue weighted by Crippen LogP contribution is 2.32. The van der Waals surface area contributed by atoms with Crippen LogP contribution in [-0.4, -0.2) is 53.4 Å². The summed E-state index contributed by atoms with van der Waals surface area (Å²) in [4.78, 5) is 38.4. The fraction of sp³-hybridized carbons (Fsp3) is 0.227. The van der Waals surface area contributed by atoms with Gasteiger partial charge < -0.3 is 15.2 Å². The number of nitrogens with zero attached hydrogens (tertiary/aromatic N) is 1. The fourth-order valence-electron chi connectivity index (χ4n) is 2.96. The molecule has 2 aromatic carbocycles. The summed E-state index contributed by atoms with van der Waals surface area (Å²) in [7, 11) is 1.56. The molecule has 1 atom stereocenters. The molecule has 0 radical (unpaired) electrons. The Morgan fingerprint density at radius 2 is 1.87 bits per heavy atom. The summed E-state index contributed by atoms with van der Waals surface area (Å²) >= 11 is 0.794. The van der Waals surface area contributed by atoms with Crippen molar-refractivity contribution >= 4 is 34.9 Å². The third kappa shape index (κ3) is 5.49. The SMILES string of the molecule is COc1ccc(C=C2SC(=O)N(CC(=O)NC(CO)Cc3ccccc3)C2=O)cc1. The summed E-state index contributed by atoms with van der Waals surface area (Å²) in [6.07, 6.45) is 2.05. The number of benzene rings is 2. The number of rotatable bonds is 8. The number of ether oxygens (including phenoxy) is 1. The monoisotopic (exact) mass is 426 g/mol. The molecule has 1 aliphatic rings. The Balaban J connectivity index is 1.61. The molecule has 0 bridgehead atoms. The lowest BCUT2D eigenvalue weighted by Crippen LogP contribution is -2.45. The third-order valence-electron chi connectivity index (χ3n) is 4.50. The van der Waals surface area contributed by atoms with Gasteiger partial charge in [-0.25, -0.2) is 0 Å². The molecule has 2 aromatic rings. The lowest BCUT2D eigenvalue weighted by Gasteiger charge is -2.18. The van der Waals surface area contributed by atoms with Gasteiger partial charge in [-0.1, -0.05) is 42.5 Å². The van der Waals surface area contributed by atoms with Gasteiger partial charge in [0.15, 0.2) is 0 Å². The van der Waals surface area contributed by atoms with Crippen LogP contribution in [0.3, 0.4) is 0 Å². The van der Waals surface area contributed by atoms with Crippen molar-refractivity contribution in [1.82, 2.24) is 10.2 Å². The second kappa shape index (κ2) is 10.1. The summed E-state index contributed by atoms with van der Waals surface area (Å²) in [5.74, 6) is -0.330. The number of amides is 3. The molecule has 30 heavy (non-hydrogen) atoms. The smallest absolute Gasteiger partial charge is 0.294 e. The van der Waals surface area contributed by atoms with Crippen molar-refractivity contribution in [3.05, 3.63) is 70.6 Å². The Labute approximate surface area is 178 Å². The minimum Gasteiger partial charge on any atom is -0.497 e. The zero-order valence-corrected chi connectivity index (χ0v) is 17.2. The minimum absolute atomic E-state index is 0.250. The van der Waals surface area contributed by atoms with Crippen molar-refractivity contribution in [2.45, 2.75) is 12.5 Å². The Bertz CT molecular complexity index is 944. The Morgan fingerprint density at radius 1 is 1.17 bits per heavy atom. The summed E-state index contributed by atoms with van der Waals surface area (Å²) < 4.78 is 5.10. The molecule has 1 aliphatic heterocycles. The van der Waals surface area contributed by atoms with Crippen molar-refractivity contribution < 1.29 is 24.2 Å². The summed E-state index contributed by atoms with van der Waals surface area (Å²) in [5, 5.41) is 11.7. The van der Waals surface area contributed by atoms with Crippen molar-refractivity contribution in [2.75, 3.05) is 20.3 Å². The van der Waals surface area contributed by atoms with Gasteiger partial charge in [0.2, 0.25) is 5.91 Å². The number of hydrogen-bond acceptors (Lipinski definition) is 6. The van der Waals surface area contributed by atoms with Crippen molar-refractivity contribution in [3.63, 3.8) is 0 Å². The highest BCUT2D eigenvalue weighted by molar-refractivity contribution is 8.18. The van der Waals surface area contributed by atoms with Gasteiger partial charge in [0.1, 0.15) is 12.3 Å². The molecule has 3 amide bonds. The van der Waals surface area contributed by atoms with Crippen LogP contribution in [-0.2, 0) is 16.0 Å². The number of thioether (sulfide) groups is 1. The quantitative estimate of drug-likeness (QED) is 0.630. The summed E-state index contributed by atoms with van der Waals surface area (Å²) in [6.45, 7) is -0.643. The molecule has 156 valence electrons. The number of hydrogen-bond donors (Lipinski definition) is 2. The molecule has 3 rings (SSSR count). The van der Waals surface area contributed by atoms with Crippen LogP contribution >= 0.6 is 11.8 Å². The largest absolute Gasteiger partial charge is 0.497 e. The number of carbonyl (C=O) groups is 3. The van der Waals surface area contributed by atoms with Gasteiger partial charge in [-0.3, -0.25) is 19.3 Å². The second-order valence-corrected chi connectivity index (χ2v) is 7.67. The van der Waals surface area contributed by atoms with Gasteiger partial charge in [0.05, 0.1) is 24.7 Å². The molecule has 1 fully saturated rings. The van der Waals surface area contributed by atoms with Crippen LogP contribution in [0.4, 0.5) is 4.79 Å². The summed E-state index contributed by atoms with van der Waals surface area (Å²) in [6, 6.07) is 16.0. The number of nitrogens with one attached hydrogen (secondary N) is 1. The molecule has 0 saturated carbocycles. The maximum atomic E-state index is 12.6. The molecular weight excluding hydrogens is 404 g/mol. The van der Waals surface area contributed by atoms with E-state index >= 15 is 0 Å². The van der Waals surface area contributed by atoms with E-state index in [9.17, 15) is 19.5 Å². The Morgan fingerprint density at radius 3 is 2.50 bits per heavy atom.